The third-order valence-electron chi connectivity index (χ3n) is 4.30. The van der Waals surface area contributed by atoms with Gasteiger partial charge in [0.1, 0.15) is 0 Å². The molecule has 6 N–H and O–H groups in total. The molecule has 2 amide bonds. The van der Waals surface area contributed by atoms with Crippen molar-refractivity contribution in [3.05, 3.63) is 95.1 Å². The monoisotopic (exact) mass is 374 g/mol. The Morgan fingerprint density at radius 3 is 1.18 bits per heavy atom. The summed E-state index contributed by atoms with van der Waals surface area (Å²) in [5.74, 6) is -0.491. The molecular formula is C22H22N4O2. The molecule has 3 aromatic rings. The summed E-state index contributed by atoms with van der Waals surface area (Å²) in [6.45, 7) is 0.907. The van der Waals surface area contributed by atoms with Crippen LogP contribution in [0.2, 0.25) is 0 Å². The van der Waals surface area contributed by atoms with Crippen LogP contribution in [0.25, 0.3) is 0 Å². The second-order valence-electron chi connectivity index (χ2n) is 6.29. The summed E-state index contributed by atoms with van der Waals surface area (Å²) in [6, 6.07) is 21.2. The van der Waals surface area contributed by atoms with Crippen molar-refractivity contribution in [3.8, 4) is 0 Å². The first-order valence-electron chi connectivity index (χ1n) is 8.90. The molecule has 142 valence electrons. The van der Waals surface area contributed by atoms with E-state index in [0.717, 1.165) is 11.1 Å². The second-order valence-corrected chi connectivity index (χ2v) is 6.29. The Morgan fingerprint density at radius 2 is 0.893 bits per heavy atom. The fourth-order valence-corrected chi connectivity index (χ4v) is 2.63. The number of rotatable bonds is 6. The van der Waals surface area contributed by atoms with Gasteiger partial charge in [-0.3, -0.25) is 9.59 Å². The van der Waals surface area contributed by atoms with Crippen LogP contribution in [-0.4, -0.2) is 11.8 Å². The fraction of sp³-hybridized carbons (Fsp3) is 0.0909. The predicted molar refractivity (Wildman–Crippen MR) is 111 cm³/mol. The van der Waals surface area contributed by atoms with Crippen molar-refractivity contribution in [2.45, 2.75) is 13.1 Å². The van der Waals surface area contributed by atoms with Crippen molar-refractivity contribution in [1.82, 2.24) is 0 Å². The molecule has 6 heteroatoms. The summed E-state index contributed by atoms with van der Waals surface area (Å²) in [5.41, 5.74) is 15.4. The first-order chi connectivity index (χ1) is 13.6. The lowest BCUT2D eigenvalue weighted by molar-refractivity contribution is 0.101. The molecule has 0 unspecified atom stereocenters. The number of nitrogens with one attached hydrogen (secondary N) is 2. The zero-order valence-electron chi connectivity index (χ0n) is 15.3. The molecule has 28 heavy (non-hydrogen) atoms. The van der Waals surface area contributed by atoms with Crippen molar-refractivity contribution in [2.24, 2.45) is 11.5 Å². The Labute approximate surface area is 163 Å². The lowest BCUT2D eigenvalue weighted by atomic mass is 10.1. The van der Waals surface area contributed by atoms with Gasteiger partial charge in [0.2, 0.25) is 0 Å². The summed E-state index contributed by atoms with van der Waals surface area (Å²) >= 11 is 0. The van der Waals surface area contributed by atoms with Crippen molar-refractivity contribution in [2.75, 3.05) is 10.6 Å². The summed E-state index contributed by atoms with van der Waals surface area (Å²) in [6.07, 6.45) is 0. The standard InChI is InChI=1S/C22H22N4O2/c23-13-15-1-9-19(10-2-15)25-21(27)17-5-7-18(8-6-17)22(28)26-20-11-3-16(14-24)4-12-20/h1-12H,13-14,23-24H2,(H,25,27)(H,26,28). The van der Waals surface area contributed by atoms with Crippen LogP contribution in [-0.2, 0) is 13.1 Å². The topological polar surface area (TPSA) is 110 Å². The minimum atomic E-state index is -0.246. The maximum absolute atomic E-state index is 12.4. The normalized spacial score (nSPS) is 10.4. The van der Waals surface area contributed by atoms with Crippen LogP contribution in [0.15, 0.2) is 72.8 Å². The smallest absolute Gasteiger partial charge is 0.255 e. The lowest BCUT2D eigenvalue weighted by Gasteiger charge is -2.08. The van der Waals surface area contributed by atoms with E-state index >= 15 is 0 Å². The Bertz CT molecular complexity index is 869. The number of hydrogen-bond acceptors (Lipinski definition) is 4. The number of amides is 2. The average molecular weight is 374 g/mol. The summed E-state index contributed by atoms with van der Waals surface area (Å²) < 4.78 is 0. The third kappa shape index (κ3) is 4.82. The molecule has 0 aromatic heterocycles. The molecule has 0 saturated heterocycles. The molecule has 0 radical (unpaired) electrons. The van der Waals surface area contributed by atoms with Gasteiger partial charge in [-0.25, -0.2) is 0 Å². The van der Waals surface area contributed by atoms with E-state index in [4.69, 9.17) is 11.5 Å². The lowest BCUT2D eigenvalue weighted by Crippen LogP contribution is -2.14. The van der Waals surface area contributed by atoms with E-state index in [9.17, 15) is 9.59 Å². The predicted octanol–water partition coefficient (Wildman–Crippen LogP) is 3.11. The highest BCUT2D eigenvalue weighted by molar-refractivity contribution is 6.07. The second kappa shape index (κ2) is 8.94. The van der Waals surface area contributed by atoms with Gasteiger partial charge in [0, 0.05) is 35.6 Å². The van der Waals surface area contributed by atoms with Crippen molar-refractivity contribution < 1.29 is 9.59 Å². The largest absolute Gasteiger partial charge is 0.326 e. The van der Waals surface area contributed by atoms with Crippen LogP contribution >= 0.6 is 0 Å². The first-order valence-corrected chi connectivity index (χ1v) is 8.90. The molecule has 0 heterocycles. The number of benzene rings is 3. The highest BCUT2D eigenvalue weighted by Gasteiger charge is 2.10. The Kier molecular flexibility index (Phi) is 6.16. The number of carbonyl (C=O) groups is 2. The molecule has 3 rings (SSSR count). The van der Waals surface area contributed by atoms with Crippen LogP contribution in [0, 0.1) is 0 Å². The van der Waals surface area contributed by atoms with Gasteiger partial charge >= 0.3 is 0 Å². The van der Waals surface area contributed by atoms with Crippen LogP contribution in [0.3, 0.4) is 0 Å². The van der Waals surface area contributed by atoms with E-state index in [-0.39, 0.29) is 11.8 Å². The Balaban J connectivity index is 1.62. The van der Waals surface area contributed by atoms with Gasteiger partial charge in [-0.15, -0.1) is 0 Å². The van der Waals surface area contributed by atoms with E-state index in [0.29, 0.717) is 35.6 Å². The number of nitrogens with two attached hydrogens (primary N) is 2. The first kappa shape index (κ1) is 19.3. The van der Waals surface area contributed by atoms with Crippen LogP contribution in [0.5, 0.6) is 0 Å². The molecule has 6 nitrogen and oxygen atoms in total. The molecule has 0 bridgehead atoms. The van der Waals surface area contributed by atoms with Crippen LogP contribution in [0.4, 0.5) is 11.4 Å². The minimum Gasteiger partial charge on any atom is -0.326 e. The zero-order chi connectivity index (χ0) is 19.9. The van der Waals surface area contributed by atoms with E-state index < -0.39 is 0 Å². The quantitative estimate of drug-likeness (QED) is 0.531. The van der Waals surface area contributed by atoms with E-state index in [1.165, 1.54) is 0 Å². The molecule has 0 aliphatic rings. The highest BCUT2D eigenvalue weighted by atomic mass is 16.2. The van der Waals surface area contributed by atoms with Gasteiger partial charge in [-0.1, -0.05) is 24.3 Å². The summed E-state index contributed by atoms with van der Waals surface area (Å²) in [5, 5.41) is 5.64. The van der Waals surface area contributed by atoms with E-state index in [1.54, 1.807) is 48.5 Å². The van der Waals surface area contributed by atoms with Gasteiger partial charge in [0.25, 0.3) is 11.8 Å². The van der Waals surface area contributed by atoms with Gasteiger partial charge in [0.05, 0.1) is 0 Å². The molecule has 0 aliphatic heterocycles. The Morgan fingerprint density at radius 1 is 0.571 bits per heavy atom. The van der Waals surface area contributed by atoms with Crippen molar-refractivity contribution in [1.29, 1.82) is 0 Å². The van der Waals surface area contributed by atoms with Crippen LogP contribution in [0.1, 0.15) is 31.8 Å². The SMILES string of the molecule is NCc1ccc(NC(=O)c2ccc(C(=O)Nc3ccc(CN)cc3)cc2)cc1. The summed E-state index contributed by atoms with van der Waals surface area (Å²) in [4.78, 5) is 24.7. The molecule has 0 aliphatic carbocycles. The van der Waals surface area contributed by atoms with E-state index in [2.05, 4.69) is 10.6 Å². The van der Waals surface area contributed by atoms with Crippen molar-refractivity contribution >= 4 is 23.2 Å². The molecule has 0 fully saturated rings. The van der Waals surface area contributed by atoms with Gasteiger partial charge < -0.3 is 22.1 Å². The fourth-order valence-electron chi connectivity index (χ4n) is 2.63. The minimum absolute atomic E-state index is 0.246. The number of hydrogen-bond donors (Lipinski definition) is 4. The summed E-state index contributed by atoms with van der Waals surface area (Å²) in [7, 11) is 0. The molecule has 0 saturated carbocycles. The molecule has 0 atom stereocenters. The zero-order valence-corrected chi connectivity index (χ0v) is 15.3. The van der Waals surface area contributed by atoms with Gasteiger partial charge in [-0.2, -0.15) is 0 Å². The molecular weight excluding hydrogens is 352 g/mol. The van der Waals surface area contributed by atoms with Crippen molar-refractivity contribution in [3.63, 3.8) is 0 Å². The third-order valence-corrected chi connectivity index (χ3v) is 4.30. The number of carbonyl (C=O) groups excluding carboxylic acids is 2. The van der Waals surface area contributed by atoms with Gasteiger partial charge in [0.15, 0.2) is 0 Å². The maximum atomic E-state index is 12.4. The Hall–Kier alpha value is -3.48. The number of anilines is 2. The maximum Gasteiger partial charge on any atom is 0.255 e. The van der Waals surface area contributed by atoms with Crippen LogP contribution < -0.4 is 22.1 Å². The van der Waals surface area contributed by atoms with Gasteiger partial charge in [-0.05, 0) is 59.7 Å². The van der Waals surface area contributed by atoms with E-state index in [1.807, 2.05) is 24.3 Å². The highest BCUT2D eigenvalue weighted by Crippen LogP contribution is 2.14. The average Bonchev–Trinajstić information content (AvgIpc) is 2.75. The molecule has 3 aromatic carbocycles. The molecule has 0 spiro atoms.